The highest BCUT2D eigenvalue weighted by Crippen LogP contribution is 2.26. The first kappa shape index (κ1) is 14.3. The van der Waals surface area contributed by atoms with Crippen molar-refractivity contribution in [2.75, 3.05) is 12.4 Å². The minimum absolute atomic E-state index is 0.266. The summed E-state index contributed by atoms with van der Waals surface area (Å²) < 4.78 is 19.6. The van der Waals surface area contributed by atoms with Crippen molar-refractivity contribution >= 4 is 37.5 Å². The zero-order valence-corrected chi connectivity index (χ0v) is 13.4. The third-order valence-electron chi connectivity index (χ3n) is 2.63. The van der Waals surface area contributed by atoms with E-state index in [1.165, 1.54) is 6.07 Å². The molecule has 0 aliphatic rings. The van der Waals surface area contributed by atoms with Crippen molar-refractivity contribution in [3.8, 4) is 5.75 Å². The molecule has 2 nitrogen and oxygen atoms in total. The summed E-state index contributed by atoms with van der Waals surface area (Å²) in [6, 6.07) is 10.7. The molecule has 2 aromatic carbocycles. The molecule has 0 heterocycles. The average molecular weight is 389 g/mol. The molecule has 2 rings (SSSR count). The van der Waals surface area contributed by atoms with Gasteiger partial charge in [0, 0.05) is 12.2 Å². The van der Waals surface area contributed by atoms with Crippen LogP contribution < -0.4 is 10.1 Å². The number of benzene rings is 2. The van der Waals surface area contributed by atoms with Gasteiger partial charge in [-0.05, 0) is 67.8 Å². The fourth-order valence-electron chi connectivity index (χ4n) is 1.63. The van der Waals surface area contributed by atoms with E-state index >= 15 is 0 Å². The SMILES string of the molecule is COc1ccc(CNc2ccc(F)c(Br)c2)cc1Br. The fraction of sp³-hybridized carbons (Fsp3) is 0.143. The minimum atomic E-state index is -0.266. The van der Waals surface area contributed by atoms with Gasteiger partial charge in [0.25, 0.3) is 0 Å². The van der Waals surface area contributed by atoms with Gasteiger partial charge < -0.3 is 10.1 Å². The maximum absolute atomic E-state index is 13.1. The van der Waals surface area contributed by atoms with E-state index < -0.39 is 0 Å². The van der Waals surface area contributed by atoms with Crippen LogP contribution in [0, 0.1) is 5.82 Å². The first-order valence-corrected chi connectivity index (χ1v) is 7.20. The number of hydrogen-bond donors (Lipinski definition) is 1. The van der Waals surface area contributed by atoms with Gasteiger partial charge in [-0.25, -0.2) is 4.39 Å². The first-order valence-electron chi connectivity index (χ1n) is 5.61. The van der Waals surface area contributed by atoms with Crippen LogP contribution in [0.3, 0.4) is 0 Å². The van der Waals surface area contributed by atoms with Gasteiger partial charge in [-0.2, -0.15) is 0 Å². The smallest absolute Gasteiger partial charge is 0.137 e. The Morgan fingerprint density at radius 3 is 2.53 bits per heavy atom. The average Bonchev–Trinajstić information content (AvgIpc) is 2.40. The summed E-state index contributed by atoms with van der Waals surface area (Å²) in [4.78, 5) is 0. The van der Waals surface area contributed by atoms with Crippen LogP contribution in [0.1, 0.15) is 5.56 Å². The molecule has 0 spiro atoms. The summed E-state index contributed by atoms with van der Waals surface area (Å²) >= 11 is 6.61. The van der Waals surface area contributed by atoms with Gasteiger partial charge in [-0.1, -0.05) is 6.07 Å². The van der Waals surface area contributed by atoms with Gasteiger partial charge in [-0.3, -0.25) is 0 Å². The Labute approximate surface area is 128 Å². The molecule has 19 heavy (non-hydrogen) atoms. The third kappa shape index (κ3) is 3.70. The molecule has 0 amide bonds. The largest absolute Gasteiger partial charge is 0.496 e. The van der Waals surface area contributed by atoms with Crippen molar-refractivity contribution in [1.82, 2.24) is 0 Å². The highest BCUT2D eigenvalue weighted by Gasteiger charge is 2.03. The first-order chi connectivity index (χ1) is 9.10. The predicted octanol–water partition coefficient (Wildman–Crippen LogP) is 4.97. The van der Waals surface area contributed by atoms with E-state index in [1.54, 1.807) is 19.2 Å². The van der Waals surface area contributed by atoms with E-state index in [1.807, 2.05) is 18.2 Å². The molecule has 0 aliphatic heterocycles. The molecule has 5 heteroatoms. The van der Waals surface area contributed by atoms with Crippen LogP contribution in [0.4, 0.5) is 10.1 Å². The molecular weight excluding hydrogens is 377 g/mol. The molecule has 0 radical (unpaired) electrons. The van der Waals surface area contributed by atoms with Crippen molar-refractivity contribution in [2.24, 2.45) is 0 Å². The molecule has 2 aromatic rings. The molecule has 0 saturated heterocycles. The predicted molar refractivity (Wildman–Crippen MR) is 82.1 cm³/mol. The maximum Gasteiger partial charge on any atom is 0.137 e. The highest BCUT2D eigenvalue weighted by molar-refractivity contribution is 9.10. The molecule has 0 aliphatic carbocycles. The Bertz CT molecular complexity index is 590. The summed E-state index contributed by atoms with van der Waals surface area (Å²) in [7, 11) is 1.63. The zero-order valence-electron chi connectivity index (χ0n) is 10.2. The van der Waals surface area contributed by atoms with Gasteiger partial charge in [0.1, 0.15) is 11.6 Å². The lowest BCUT2D eigenvalue weighted by molar-refractivity contribution is 0.412. The van der Waals surface area contributed by atoms with Crippen molar-refractivity contribution < 1.29 is 9.13 Å². The van der Waals surface area contributed by atoms with Crippen LogP contribution in [0.5, 0.6) is 5.75 Å². The molecule has 0 aromatic heterocycles. The van der Waals surface area contributed by atoms with Crippen molar-refractivity contribution in [3.63, 3.8) is 0 Å². The quantitative estimate of drug-likeness (QED) is 0.798. The standard InChI is InChI=1S/C14H12Br2FNO/c1-19-14-5-2-9(6-12(14)16)8-18-10-3-4-13(17)11(15)7-10/h2-7,18H,8H2,1H3. The second-order valence-electron chi connectivity index (χ2n) is 3.95. The minimum Gasteiger partial charge on any atom is -0.496 e. The zero-order chi connectivity index (χ0) is 13.8. The number of hydrogen-bond acceptors (Lipinski definition) is 2. The lowest BCUT2D eigenvalue weighted by atomic mass is 10.2. The molecule has 1 N–H and O–H groups in total. The van der Waals surface area contributed by atoms with Crippen LogP contribution in [0.15, 0.2) is 45.3 Å². The summed E-state index contributed by atoms with van der Waals surface area (Å²) in [5.41, 5.74) is 1.97. The number of anilines is 1. The maximum atomic E-state index is 13.1. The number of halogens is 3. The molecular formula is C14H12Br2FNO. The molecule has 100 valence electrons. The second kappa shape index (κ2) is 6.39. The van der Waals surface area contributed by atoms with Crippen LogP contribution in [-0.4, -0.2) is 7.11 Å². The summed E-state index contributed by atoms with van der Waals surface area (Å²) in [5, 5.41) is 3.24. The van der Waals surface area contributed by atoms with E-state index in [-0.39, 0.29) is 5.82 Å². The fourth-order valence-corrected chi connectivity index (χ4v) is 2.60. The molecule has 0 atom stereocenters. The Morgan fingerprint density at radius 2 is 1.89 bits per heavy atom. The summed E-state index contributed by atoms with van der Waals surface area (Å²) in [6.45, 7) is 0.653. The van der Waals surface area contributed by atoms with Gasteiger partial charge in [-0.15, -0.1) is 0 Å². The van der Waals surface area contributed by atoms with Crippen LogP contribution in [0.2, 0.25) is 0 Å². The topological polar surface area (TPSA) is 21.3 Å². The second-order valence-corrected chi connectivity index (χ2v) is 5.66. The van der Waals surface area contributed by atoms with E-state index in [9.17, 15) is 4.39 Å². The molecule has 0 bridgehead atoms. The number of rotatable bonds is 4. The Balaban J connectivity index is 2.05. The molecule has 0 unspecified atom stereocenters. The Hall–Kier alpha value is -1.07. The number of nitrogens with one attached hydrogen (secondary N) is 1. The van der Waals surface area contributed by atoms with Crippen molar-refractivity contribution in [2.45, 2.75) is 6.54 Å². The molecule has 0 saturated carbocycles. The lowest BCUT2D eigenvalue weighted by Crippen LogP contribution is -2.00. The van der Waals surface area contributed by atoms with Crippen molar-refractivity contribution in [3.05, 3.63) is 56.7 Å². The van der Waals surface area contributed by atoms with Crippen molar-refractivity contribution in [1.29, 1.82) is 0 Å². The molecule has 0 fully saturated rings. The van der Waals surface area contributed by atoms with Gasteiger partial charge in [0.05, 0.1) is 16.1 Å². The highest BCUT2D eigenvalue weighted by atomic mass is 79.9. The lowest BCUT2D eigenvalue weighted by Gasteiger charge is -2.09. The van der Waals surface area contributed by atoms with E-state index in [0.717, 1.165) is 21.5 Å². The van der Waals surface area contributed by atoms with E-state index in [2.05, 4.69) is 37.2 Å². The third-order valence-corrected chi connectivity index (χ3v) is 3.86. The Morgan fingerprint density at radius 1 is 1.11 bits per heavy atom. The van der Waals surface area contributed by atoms with Gasteiger partial charge in [0.15, 0.2) is 0 Å². The summed E-state index contributed by atoms with van der Waals surface area (Å²) in [6.07, 6.45) is 0. The van der Waals surface area contributed by atoms with Crippen LogP contribution in [0.25, 0.3) is 0 Å². The summed E-state index contributed by atoms with van der Waals surface area (Å²) in [5.74, 6) is 0.533. The number of methoxy groups -OCH3 is 1. The normalized spacial score (nSPS) is 10.3. The van der Waals surface area contributed by atoms with E-state index in [4.69, 9.17) is 4.74 Å². The van der Waals surface area contributed by atoms with Gasteiger partial charge in [0.2, 0.25) is 0 Å². The Kier molecular flexibility index (Phi) is 4.82. The monoisotopic (exact) mass is 387 g/mol. The number of ether oxygens (including phenoxy) is 1. The van der Waals surface area contributed by atoms with Gasteiger partial charge >= 0.3 is 0 Å². The van der Waals surface area contributed by atoms with E-state index in [0.29, 0.717) is 11.0 Å². The van der Waals surface area contributed by atoms with Crippen LogP contribution >= 0.6 is 31.9 Å². The van der Waals surface area contributed by atoms with Crippen LogP contribution in [-0.2, 0) is 6.54 Å².